The zero-order chi connectivity index (χ0) is 12.3. The Morgan fingerprint density at radius 1 is 1.65 bits per heavy atom. The summed E-state index contributed by atoms with van der Waals surface area (Å²) in [4.78, 5) is 11.7. The maximum atomic E-state index is 11.7. The first-order valence-electron chi connectivity index (χ1n) is 6.04. The third kappa shape index (κ3) is 3.06. The van der Waals surface area contributed by atoms with Crippen molar-refractivity contribution in [3.63, 3.8) is 0 Å². The first kappa shape index (κ1) is 12.1. The van der Waals surface area contributed by atoms with Gasteiger partial charge in [0.15, 0.2) is 0 Å². The summed E-state index contributed by atoms with van der Waals surface area (Å²) in [5.74, 6) is 0.423. The lowest BCUT2D eigenvalue weighted by atomic mass is 9.87. The quantitative estimate of drug-likeness (QED) is 0.831. The average Bonchev–Trinajstić information content (AvgIpc) is 2.72. The van der Waals surface area contributed by atoms with E-state index in [-0.39, 0.29) is 17.8 Å². The minimum atomic E-state index is -0.222. The first-order chi connectivity index (χ1) is 8.16. The van der Waals surface area contributed by atoms with E-state index in [4.69, 9.17) is 4.52 Å². The third-order valence-electron chi connectivity index (χ3n) is 3.26. The van der Waals surface area contributed by atoms with E-state index >= 15 is 0 Å². The summed E-state index contributed by atoms with van der Waals surface area (Å²) in [5.41, 5.74) is 0.742. The molecule has 1 heterocycles. The summed E-state index contributed by atoms with van der Waals surface area (Å²) >= 11 is 0. The van der Waals surface area contributed by atoms with E-state index < -0.39 is 0 Å². The molecule has 1 aliphatic rings. The minimum Gasteiger partial charge on any atom is -0.393 e. The zero-order valence-corrected chi connectivity index (χ0v) is 9.98. The van der Waals surface area contributed by atoms with Gasteiger partial charge in [-0.2, -0.15) is 0 Å². The van der Waals surface area contributed by atoms with Gasteiger partial charge in [0.1, 0.15) is 0 Å². The van der Waals surface area contributed by atoms with Gasteiger partial charge < -0.3 is 14.9 Å². The van der Waals surface area contributed by atoms with Crippen molar-refractivity contribution in [2.24, 2.45) is 5.92 Å². The topological polar surface area (TPSA) is 75.4 Å². The van der Waals surface area contributed by atoms with Crippen LogP contribution in [0.5, 0.6) is 0 Å². The lowest BCUT2D eigenvalue weighted by Gasteiger charge is -2.25. The van der Waals surface area contributed by atoms with Gasteiger partial charge in [-0.25, -0.2) is 0 Å². The number of hydrogen-bond acceptors (Lipinski definition) is 4. The van der Waals surface area contributed by atoms with E-state index in [2.05, 4.69) is 10.5 Å². The van der Waals surface area contributed by atoms with Gasteiger partial charge >= 0.3 is 0 Å². The van der Waals surface area contributed by atoms with Crippen molar-refractivity contribution in [2.45, 2.75) is 38.7 Å². The molecule has 2 N–H and O–H groups in total. The van der Waals surface area contributed by atoms with E-state index in [1.807, 2.05) is 0 Å². The Hall–Kier alpha value is -1.36. The lowest BCUT2D eigenvalue weighted by molar-refractivity contribution is 0.0846. The van der Waals surface area contributed by atoms with E-state index in [1.54, 1.807) is 6.92 Å². The van der Waals surface area contributed by atoms with E-state index in [0.717, 1.165) is 31.2 Å². The Morgan fingerprint density at radius 2 is 2.47 bits per heavy atom. The predicted octanol–water partition coefficient (Wildman–Crippen LogP) is 1.26. The number of aromatic nitrogens is 1. The van der Waals surface area contributed by atoms with Crippen LogP contribution in [0.2, 0.25) is 0 Å². The van der Waals surface area contributed by atoms with Crippen LogP contribution < -0.4 is 5.32 Å². The van der Waals surface area contributed by atoms with Gasteiger partial charge in [-0.05, 0) is 32.1 Å². The second-order valence-electron chi connectivity index (χ2n) is 4.73. The molecule has 1 amide bonds. The molecule has 1 saturated carbocycles. The maximum Gasteiger partial charge on any atom is 0.290 e. The molecule has 1 fully saturated rings. The fourth-order valence-corrected chi connectivity index (χ4v) is 2.27. The van der Waals surface area contributed by atoms with Gasteiger partial charge in [-0.3, -0.25) is 4.79 Å². The molecule has 0 aromatic carbocycles. The Bertz CT molecular complexity index is 389. The number of hydrogen-bond donors (Lipinski definition) is 2. The number of nitrogens with zero attached hydrogens (tertiary/aromatic N) is 1. The highest BCUT2D eigenvalue weighted by Crippen LogP contribution is 2.23. The molecule has 0 aliphatic heterocycles. The molecule has 2 atom stereocenters. The molecule has 0 radical (unpaired) electrons. The number of aliphatic hydroxyl groups is 1. The van der Waals surface area contributed by atoms with Gasteiger partial charge in [-0.15, -0.1) is 0 Å². The second-order valence-corrected chi connectivity index (χ2v) is 4.73. The highest BCUT2D eigenvalue weighted by Gasteiger charge is 2.21. The molecule has 17 heavy (non-hydrogen) atoms. The second kappa shape index (κ2) is 5.31. The maximum absolute atomic E-state index is 11.7. The van der Waals surface area contributed by atoms with Crippen molar-refractivity contribution in [2.75, 3.05) is 6.54 Å². The Morgan fingerprint density at radius 3 is 3.12 bits per heavy atom. The molecule has 0 bridgehead atoms. The largest absolute Gasteiger partial charge is 0.393 e. The minimum absolute atomic E-state index is 0.210. The van der Waals surface area contributed by atoms with Crippen molar-refractivity contribution >= 4 is 5.91 Å². The van der Waals surface area contributed by atoms with Gasteiger partial charge in [0.2, 0.25) is 5.76 Å². The summed E-state index contributed by atoms with van der Waals surface area (Å²) in [6.07, 6.45) is 5.06. The van der Waals surface area contributed by atoms with Crippen molar-refractivity contribution in [3.05, 3.63) is 17.5 Å². The van der Waals surface area contributed by atoms with E-state index in [9.17, 15) is 9.90 Å². The Labute approximate surface area is 100 Å². The summed E-state index contributed by atoms with van der Waals surface area (Å²) in [6.45, 7) is 2.38. The number of aliphatic hydroxyl groups excluding tert-OH is 1. The van der Waals surface area contributed by atoms with Gasteiger partial charge in [0, 0.05) is 12.1 Å². The number of carbonyl (C=O) groups excluding carboxylic acids is 1. The number of nitrogens with one attached hydrogen (secondary N) is 1. The third-order valence-corrected chi connectivity index (χ3v) is 3.26. The molecule has 94 valence electrons. The molecule has 5 heteroatoms. The van der Waals surface area contributed by atoms with Crippen molar-refractivity contribution in [1.82, 2.24) is 10.5 Å². The van der Waals surface area contributed by atoms with Crippen LogP contribution >= 0.6 is 0 Å². The standard InChI is InChI=1S/C12H18N2O3/c1-8-6-14-17-11(8)12(16)13-7-9-3-2-4-10(15)5-9/h6,9-10,15H,2-5,7H2,1H3,(H,13,16). The molecule has 0 spiro atoms. The molecule has 1 aromatic heterocycles. The molecule has 2 rings (SSSR count). The van der Waals surface area contributed by atoms with Crippen LogP contribution in [0.25, 0.3) is 0 Å². The monoisotopic (exact) mass is 238 g/mol. The van der Waals surface area contributed by atoms with Crippen LogP contribution in [0, 0.1) is 12.8 Å². The number of aryl methyl sites for hydroxylation is 1. The Kier molecular flexibility index (Phi) is 3.78. The van der Waals surface area contributed by atoms with Crippen molar-refractivity contribution in [3.8, 4) is 0 Å². The normalized spacial score (nSPS) is 24.6. The highest BCUT2D eigenvalue weighted by molar-refractivity contribution is 5.92. The molecular formula is C12H18N2O3. The number of amides is 1. The summed E-state index contributed by atoms with van der Waals surface area (Å²) < 4.78 is 4.88. The van der Waals surface area contributed by atoms with Crippen LogP contribution in [0.3, 0.4) is 0 Å². The summed E-state index contributed by atoms with van der Waals surface area (Å²) in [7, 11) is 0. The first-order valence-corrected chi connectivity index (χ1v) is 6.04. The molecule has 1 aromatic rings. The summed E-state index contributed by atoms with van der Waals surface area (Å²) in [6, 6.07) is 0. The molecule has 0 saturated heterocycles. The predicted molar refractivity (Wildman–Crippen MR) is 61.5 cm³/mol. The lowest BCUT2D eigenvalue weighted by Crippen LogP contribution is -2.33. The number of carbonyl (C=O) groups is 1. The fourth-order valence-electron chi connectivity index (χ4n) is 2.27. The number of rotatable bonds is 3. The summed E-state index contributed by atoms with van der Waals surface area (Å²) in [5, 5.41) is 15.9. The highest BCUT2D eigenvalue weighted by atomic mass is 16.5. The smallest absolute Gasteiger partial charge is 0.290 e. The van der Waals surface area contributed by atoms with Crippen LogP contribution in [0.1, 0.15) is 41.8 Å². The van der Waals surface area contributed by atoms with Crippen molar-refractivity contribution < 1.29 is 14.4 Å². The van der Waals surface area contributed by atoms with Crippen LogP contribution in [0.15, 0.2) is 10.7 Å². The van der Waals surface area contributed by atoms with Crippen LogP contribution in [-0.2, 0) is 0 Å². The van der Waals surface area contributed by atoms with E-state index in [1.165, 1.54) is 6.20 Å². The van der Waals surface area contributed by atoms with E-state index in [0.29, 0.717) is 12.5 Å². The molecular weight excluding hydrogens is 220 g/mol. The van der Waals surface area contributed by atoms with Crippen LogP contribution in [-0.4, -0.2) is 28.8 Å². The zero-order valence-electron chi connectivity index (χ0n) is 9.98. The molecule has 5 nitrogen and oxygen atoms in total. The van der Waals surface area contributed by atoms with Crippen molar-refractivity contribution in [1.29, 1.82) is 0 Å². The van der Waals surface area contributed by atoms with Gasteiger partial charge in [-0.1, -0.05) is 11.6 Å². The SMILES string of the molecule is Cc1cnoc1C(=O)NCC1CCCC(O)C1. The molecule has 2 unspecified atom stereocenters. The van der Waals surface area contributed by atoms with Gasteiger partial charge in [0.05, 0.1) is 12.3 Å². The fraction of sp³-hybridized carbons (Fsp3) is 0.667. The molecule has 1 aliphatic carbocycles. The Balaban J connectivity index is 1.82. The van der Waals surface area contributed by atoms with Crippen LogP contribution in [0.4, 0.5) is 0 Å². The van der Waals surface area contributed by atoms with Gasteiger partial charge in [0.25, 0.3) is 5.91 Å². The average molecular weight is 238 g/mol.